The molecule has 5 heteroatoms. The normalized spacial score (nSPS) is 14.1. The quantitative estimate of drug-likeness (QED) is 0.926. The van der Waals surface area contributed by atoms with Crippen LogP contribution in [0, 0.1) is 5.92 Å². The molecule has 0 spiro atoms. The van der Waals surface area contributed by atoms with E-state index >= 15 is 0 Å². The van der Waals surface area contributed by atoms with Crippen molar-refractivity contribution < 1.29 is 14.6 Å². The molecule has 0 atom stereocenters. The van der Waals surface area contributed by atoms with E-state index in [2.05, 4.69) is 4.98 Å². The van der Waals surface area contributed by atoms with Gasteiger partial charge in [-0.3, -0.25) is 9.78 Å². The molecule has 0 saturated heterocycles. The number of rotatable bonds is 2. The standard InChI is InChI=1S/C18H20N2O3/c1-12(2)18(22)20-6-7-23-17-15(11-20)8-14(9-16(17)21)13-4-3-5-19-10-13/h3-5,8-10,12,21H,6-7,11H2,1-2H3. The number of phenolic OH excluding ortho intramolecular Hbond substituents is 1. The number of hydrogen-bond acceptors (Lipinski definition) is 4. The molecule has 1 aliphatic heterocycles. The molecule has 2 aromatic rings. The summed E-state index contributed by atoms with van der Waals surface area (Å²) in [7, 11) is 0. The summed E-state index contributed by atoms with van der Waals surface area (Å²) in [5, 5.41) is 10.3. The second-order valence-electron chi connectivity index (χ2n) is 5.99. The topological polar surface area (TPSA) is 62.7 Å². The Hall–Kier alpha value is -2.56. The van der Waals surface area contributed by atoms with Crippen molar-refractivity contribution in [3.05, 3.63) is 42.2 Å². The largest absolute Gasteiger partial charge is 0.504 e. The number of carbonyl (C=O) groups excluding carboxylic acids is 1. The summed E-state index contributed by atoms with van der Waals surface area (Å²) in [6, 6.07) is 7.42. The summed E-state index contributed by atoms with van der Waals surface area (Å²) in [6.45, 7) is 5.11. The van der Waals surface area contributed by atoms with Crippen molar-refractivity contribution in [3.8, 4) is 22.6 Å². The van der Waals surface area contributed by atoms with Gasteiger partial charge in [0.2, 0.25) is 5.91 Å². The smallest absolute Gasteiger partial charge is 0.225 e. The highest BCUT2D eigenvalue weighted by Gasteiger charge is 2.24. The highest BCUT2D eigenvalue weighted by Crippen LogP contribution is 2.37. The number of amides is 1. The minimum absolute atomic E-state index is 0.0633. The van der Waals surface area contributed by atoms with Crippen LogP contribution < -0.4 is 4.74 Å². The summed E-state index contributed by atoms with van der Waals surface area (Å²) in [5.41, 5.74) is 2.59. The van der Waals surface area contributed by atoms with Gasteiger partial charge in [-0.25, -0.2) is 0 Å². The molecule has 3 rings (SSSR count). The first kappa shape index (κ1) is 15.3. The number of benzene rings is 1. The number of carbonyl (C=O) groups is 1. The number of aromatic hydroxyl groups is 1. The molecule has 0 bridgehead atoms. The predicted molar refractivity (Wildman–Crippen MR) is 87.1 cm³/mol. The number of ether oxygens (including phenoxy) is 1. The number of hydrogen-bond donors (Lipinski definition) is 1. The predicted octanol–water partition coefficient (Wildman–Crippen LogP) is 2.83. The maximum absolute atomic E-state index is 12.3. The van der Waals surface area contributed by atoms with Crippen LogP contribution in [0.1, 0.15) is 19.4 Å². The maximum atomic E-state index is 12.3. The Labute approximate surface area is 135 Å². The van der Waals surface area contributed by atoms with E-state index in [1.54, 1.807) is 23.4 Å². The zero-order valence-electron chi connectivity index (χ0n) is 13.3. The molecule has 0 aliphatic carbocycles. The fourth-order valence-electron chi connectivity index (χ4n) is 2.75. The lowest BCUT2D eigenvalue weighted by Gasteiger charge is -2.22. The average molecular weight is 312 g/mol. The summed E-state index contributed by atoms with van der Waals surface area (Å²) in [4.78, 5) is 18.2. The molecule has 0 saturated carbocycles. The fourth-order valence-corrected chi connectivity index (χ4v) is 2.75. The molecule has 120 valence electrons. The molecule has 1 aromatic heterocycles. The lowest BCUT2D eigenvalue weighted by molar-refractivity contribution is -0.135. The van der Waals surface area contributed by atoms with E-state index in [1.807, 2.05) is 32.0 Å². The summed E-state index contributed by atoms with van der Waals surface area (Å²) in [5.74, 6) is 0.594. The molecule has 0 unspecified atom stereocenters. The van der Waals surface area contributed by atoms with Crippen molar-refractivity contribution in [2.75, 3.05) is 13.2 Å². The lowest BCUT2D eigenvalue weighted by atomic mass is 10.0. The third-order valence-electron chi connectivity index (χ3n) is 3.92. The van der Waals surface area contributed by atoms with Crippen molar-refractivity contribution in [2.24, 2.45) is 5.92 Å². The van der Waals surface area contributed by atoms with E-state index < -0.39 is 0 Å². The molecule has 0 fully saturated rings. The Balaban J connectivity index is 1.99. The van der Waals surface area contributed by atoms with E-state index in [4.69, 9.17) is 4.74 Å². The van der Waals surface area contributed by atoms with Gasteiger partial charge in [0.1, 0.15) is 6.61 Å². The van der Waals surface area contributed by atoms with Gasteiger partial charge in [0.05, 0.1) is 6.54 Å². The second kappa shape index (κ2) is 6.28. The zero-order chi connectivity index (χ0) is 16.4. The molecule has 1 amide bonds. The number of aromatic nitrogens is 1. The molecular formula is C18H20N2O3. The van der Waals surface area contributed by atoms with Crippen molar-refractivity contribution in [3.63, 3.8) is 0 Å². The fraction of sp³-hybridized carbons (Fsp3) is 0.333. The van der Waals surface area contributed by atoms with Gasteiger partial charge in [-0.2, -0.15) is 0 Å². The highest BCUT2D eigenvalue weighted by atomic mass is 16.5. The Bertz CT molecular complexity index is 714. The Morgan fingerprint density at radius 2 is 2.17 bits per heavy atom. The number of phenols is 1. The van der Waals surface area contributed by atoms with Gasteiger partial charge in [0.15, 0.2) is 11.5 Å². The van der Waals surface area contributed by atoms with Crippen LogP contribution in [0.5, 0.6) is 11.5 Å². The van der Waals surface area contributed by atoms with Crippen molar-refractivity contribution >= 4 is 5.91 Å². The Morgan fingerprint density at radius 3 is 2.87 bits per heavy atom. The molecule has 2 heterocycles. The summed E-state index contributed by atoms with van der Waals surface area (Å²) >= 11 is 0. The van der Waals surface area contributed by atoms with Crippen LogP contribution in [-0.4, -0.2) is 34.0 Å². The van der Waals surface area contributed by atoms with Crippen LogP contribution in [0.2, 0.25) is 0 Å². The SMILES string of the molecule is CC(C)C(=O)N1CCOc2c(O)cc(-c3cccnc3)cc2C1. The molecule has 1 aromatic carbocycles. The first-order valence-electron chi connectivity index (χ1n) is 7.74. The number of pyridine rings is 1. The van der Waals surface area contributed by atoms with E-state index in [0.29, 0.717) is 25.4 Å². The van der Waals surface area contributed by atoms with Crippen molar-refractivity contribution in [1.82, 2.24) is 9.88 Å². The van der Waals surface area contributed by atoms with Crippen LogP contribution in [-0.2, 0) is 11.3 Å². The van der Waals surface area contributed by atoms with Crippen LogP contribution in [0.3, 0.4) is 0 Å². The molecule has 5 nitrogen and oxygen atoms in total. The van der Waals surface area contributed by atoms with Gasteiger partial charge in [-0.15, -0.1) is 0 Å². The van der Waals surface area contributed by atoms with Crippen LogP contribution in [0.4, 0.5) is 0 Å². The van der Waals surface area contributed by atoms with Crippen LogP contribution >= 0.6 is 0 Å². The van der Waals surface area contributed by atoms with E-state index in [9.17, 15) is 9.90 Å². The van der Waals surface area contributed by atoms with E-state index in [-0.39, 0.29) is 17.6 Å². The van der Waals surface area contributed by atoms with Crippen molar-refractivity contribution in [2.45, 2.75) is 20.4 Å². The Kier molecular flexibility index (Phi) is 4.19. The van der Waals surface area contributed by atoms with Gasteiger partial charge < -0.3 is 14.7 Å². The first-order chi connectivity index (χ1) is 11.1. The summed E-state index contributed by atoms with van der Waals surface area (Å²) in [6.07, 6.45) is 3.45. The van der Waals surface area contributed by atoms with E-state index in [1.165, 1.54) is 0 Å². The molecule has 0 radical (unpaired) electrons. The van der Waals surface area contributed by atoms with Gasteiger partial charge in [-0.05, 0) is 23.8 Å². The van der Waals surface area contributed by atoms with E-state index in [0.717, 1.165) is 16.7 Å². The monoisotopic (exact) mass is 312 g/mol. The van der Waals surface area contributed by atoms with Gasteiger partial charge in [-0.1, -0.05) is 19.9 Å². The van der Waals surface area contributed by atoms with Gasteiger partial charge in [0.25, 0.3) is 0 Å². The minimum Gasteiger partial charge on any atom is -0.504 e. The third-order valence-corrected chi connectivity index (χ3v) is 3.92. The van der Waals surface area contributed by atoms with Crippen LogP contribution in [0.25, 0.3) is 11.1 Å². The number of fused-ring (bicyclic) bond motifs is 1. The maximum Gasteiger partial charge on any atom is 0.225 e. The summed E-state index contributed by atoms with van der Waals surface area (Å²) < 4.78 is 5.67. The zero-order valence-corrected chi connectivity index (χ0v) is 13.3. The lowest BCUT2D eigenvalue weighted by Crippen LogP contribution is -2.35. The molecular weight excluding hydrogens is 292 g/mol. The molecule has 1 N–H and O–H groups in total. The van der Waals surface area contributed by atoms with Gasteiger partial charge in [0, 0.05) is 36.0 Å². The third kappa shape index (κ3) is 3.13. The average Bonchev–Trinajstić information content (AvgIpc) is 2.77. The first-order valence-corrected chi connectivity index (χ1v) is 7.74. The number of nitrogens with zero attached hydrogens (tertiary/aromatic N) is 2. The van der Waals surface area contributed by atoms with Gasteiger partial charge >= 0.3 is 0 Å². The van der Waals surface area contributed by atoms with Crippen LogP contribution in [0.15, 0.2) is 36.7 Å². The Morgan fingerprint density at radius 1 is 1.35 bits per heavy atom. The highest BCUT2D eigenvalue weighted by molar-refractivity contribution is 5.78. The molecule has 23 heavy (non-hydrogen) atoms. The molecule has 1 aliphatic rings. The minimum atomic E-state index is -0.0633. The second-order valence-corrected chi connectivity index (χ2v) is 5.99. The van der Waals surface area contributed by atoms with Crippen molar-refractivity contribution in [1.29, 1.82) is 0 Å².